The number of rotatable bonds is 6. The summed E-state index contributed by atoms with van der Waals surface area (Å²) in [6.45, 7) is -0.227. The topological polar surface area (TPSA) is 78.8 Å². The van der Waals surface area contributed by atoms with E-state index < -0.39 is 24.1 Å². The maximum Gasteiger partial charge on any atom is 0.407 e. The number of benzene rings is 2. The maximum absolute atomic E-state index is 13.6. The third-order valence-electron chi connectivity index (χ3n) is 3.31. The number of carbonyl (C=O) groups excluding carboxylic acids is 1. The minimum atomic E-state index is -1.53. The highest BCUT2D eigenvalue weighted by atomic mass is 35.5. The summed E-state index contributed by atoms with van der Waals surface area (Å²) in [5.41, 5.74) is 0.670. The van der Waals surface area contributed by atoms with Crippen molar-refractivity contribution in [3.8, 4) is 0 Å². The molecule has 128 valence electrons. The molecule has 0 radical (unpaired) electrons. The van der Waals surface area contributed by atoms with E-state index in [0.717, 1.165) is 11.6 Å². The van der Waals surface area contributed by atoms with E-state index >= 15 is 0 Å². The summed E-state index contributed by atoms with van der Waals surface area (Å²) in [6.07, 6.45) is -3.70. The molecule has 7 heteroatoms. The van der Waals surface area contributed by atoms with Gasteiger partial charge < -0.3 is 20.3 Å². The van der Waals surface area contributed by atoms with Gasteiger partial charge in [-0.05, 0) is 23.8 Å². The van der Waals surface area contributed by atoms with Gasteiger partial charge in [-0.1, -0.05) is 41.9 Å². The van der Waals surface area contributed by atoms with Crippen molar-refractivity contribution in [2.24, 2.45) is 0 Å². The third kappa shape index (κ3) is 5.19. The van der Waals surface area contributed by atoms with Crippen LogP contribution < -0.4 is 5.32 Å². The van der Waals surface area contributed by atoms with Crippen LogP contribution in [0.1, 0.15) is 17.2 Å². The SMILES string of the molecule is O=C(NCC(O)C(O)c1cc(Cl)ccc1F)OCc1ccccc1. The van der Waals surface area contributed by atoms with Crippen molar-refractivity contribution in [1.82, 2.24) is 5.32 Å². The molecule has 0 aliphatic heterocycles. The zero-order chi connectivity index (χ0) is 17.5. The second kappa shape index (κ2) is 8.63. The van der Waals surface area contributed by atoms with E-state index in [1.165, 1.54) is 12.1 Å². The molecule has 2 atom stereocenters. The number of carbonyl (C=O) groups is 1. The zero-order valence-electron chi connectivity index (χ0n) is 12.7. The van der Waals surface area contributed by atoms with Crippen molar-refractivity contribution in [2.45, 2.75) is 18.8 Å². The van der Waals surface area contributed by atoms with E-state index in [1.54, 1.807) is 12.1 Å². The fraction of sp³-hybridized carbons (Fsp3) is 0.235. The predicted octanol–water partition coefficient (Wildman–Crippen LogP) is 2.80. The van der Waals surface area contributed by atoms with Crippen LogP contribution in [0.25, 0.3) is 0 Å². The summed E-state index contributed by atoms with van der Waals surface area (Å²) in [5.74, 6) is -0.697. The van der Waals surface area contributed by atoms with Crippen molar-refractivity contribution in [3.05, 3.63) is 70.5 Å². The summed E-state index contributed by atoms with van der Waals surface area (Å²) >= 11 is 5.74. The smallest absolute Gasteiger partial charge is 0.407 e. The number of nitrogens with one attached hydrogen (secondary N) is 1. The number of ether oxygens (including phenoxy) is 1. The largest absolute Gasteiger partial charge is 0.445 e. The van der Waals surface area contributed by atoms with Gasteiger partial charge in [0, 0.05) is 17.1 Å². The Labute approximate surface area is 143 Å². The molecule has 0 aliphatic carbocycles. The fourth-order valence-corrected chi connectivity index (χ4v) is 2.20. The predicted molar refractivity (Wildman–Crippen MR) is 87.0 cm³/mol. The van der Waals surface area contributed by atoms with Gasteiger partial charge in [0.1, 0.15) is 24.6 Å². The van der Waals surface area contributed by atoms with Crippen LogP contribution >= 0.6 is 11.6 Å². The van der Waals surface area contributed by atoms with Crippen LogP contribution in [-0.2, 0) is 11.3 Å². The van der Waals surface area contributed by atoms with E-state index in [9.17, 15) is 19.4 Å². The zero-order valence-corrected chi connectivity index (χ0v) is 13.4. The van der Waals surface area contributed by atoms with Gasteiger partial charge in [0.25, 0.3) is 0 Å². The molecule has 0 saturated carbocycles. The first-order valence-electron chi connectivity index (χ1n) is 7.23. The van der Waals surface area contributed by atoms with Crippen LogP contribution in [-0.4, -0.2) is 29.0 Å². The third-order valence-corrected chi connectivity index (χ3v) is 3.54. The first-order valence-corrected chi connectivity index (χ1v) is 7.61. The molecule has 0 aliphatic rings. The Balaban J connectivity index is 1.82. The molecule has 5 nitrogen and oxygen atoms in total. The molecule has 0 heterocycles. The number of amides is 1. The summed E-state index contributed by atoms with van der Waals surface area (Å²) in [7, 11) is 0. The average Bonchev–Trinajstić information content (AvgIpc) is 2.60. The van der Waals surface area contributed by atoms with Crippen molar-refractivity contribution in [3.63, 3.8) is 0 Å². The standard InChI is InChI=1S/C17H17ClFNO4/c18-12-6-7-14(19)13(8-12)16(22)15(21)9-20-17(23)24-10-11-4-2-1-3-5-11/h1-8,15-16,21-22H,9-10H2,(H,20,23). The van der Waals surface area contributed by atoms with E-state index in [-0.39, 0.29) is 23.7 Å². The normalized spacial score (nSPS) is 13.2. The molecule has 2 aromatic carbocycles. The van der Waals surface area contributed by atoms with Crippen molar-refractivity contribution < 1.29 is 24.1 Å². The van der Waals surface area contributed by atoms with Gasteiger partial charge in [0.2, 0.25) is 0 Å². The van der Waals surface area contributed by atoms with E-state index in [2.05, 4.69) is 5.32 Å². The molecular weight excluding hydrogens is 337 g/mol. The Morgan fingerprint density at radius 3 is 2.62 bits per heavy atom. The van der Waals surface area contributed by atoms with Crippen molar-refractivity contribution in [2.75, 3.05) is 6.54 Å². The molecule has 24 heavy (non-hydrogen) atoms. The Morgan fingerprint density at radius 2 is 1.92 bits per heavy atom. The highest BCUT2D eigenvalue weighted by Crippen LogP contribution is 2.23. The van der Waals surface area contributed by atoms with Gasteiger partial charge in [0.05, 0.1) is 0 Å². The van der Waals surface area contributed by atoms with Crippen LogP contribution in [0.2, 0.25) is 5.02 Å². The van der Waals surface area contributed by atoms with Crippen LogP contribution in [0.15, 0.2) is 48.5 Å². The maximum atomic E-state index is 13.6. The molecule has 3 N–H and O–H groups in total. The number of hydrogen-bond acceptors (Lipinski definition) is 4. The molecule has 0 spiro atoms. The first kappa shape index (κ1) is 18.2. The molecule has 0 saturated heterocycles. The lowest BCUT2D eigenvalue weighted by Crippen LogP contribution is -2.36. The van der Waals surface area contributed by atoms with Crippen LogP contribution in [0, 0.1) is 5.82 Å². The highest BCUT2D eigenvalue weighted by molar-refractivity contribution is 6.30. The van der Waals surface area contributed by atoms with E-state index in [1.807, 2.05) is 18.2 Å². The molecular formula is C17H17ClFNO4. The van der Waals surface area contributed by atoms with Crippen LogP contribution in [0.5, 0.6) is 0 Å². The minimum absolute atomic E-state index is 0.0776. The first-order chi connectivity index (χ1) is 11.5. The summed E-state index contributed by atoms with van der Waals surface area (Å²) in [4.78, 5) is 11.6. The lowest BCUT2D eigenvalue weighted by Gasteiger charge is -2.19. The Morgan fingerprint density at radius 1 is 1.21 bits per heavy atom. The van der Waals surface area contributed by atoms with E-state index in [0.29, 0.717) is 0 Å². The quantitative estimate of drug-likeness (QED) is 0.746. The molecule has 0 aromatic heterocycles. The van der Waals surface area contributed by atoms with Crippen molar-refractivity contribution >= 4 is 17.7 Å². The van der Waals surface area contributed by atoms with Gasteiger partial charge in [0.15, 0.2) is 0 Å². The highest BCUT2D eigenvalue weighted by Gasteiger charge is 2.22. The lowest BCUT2D eigenvalue weighted by atomic mass is 10.0. The number of aliphatic hydroxyl groups is 2. The average molecular weight is 354 g/mol. The van der Waals surface area contributed by atoms with Gasteiger partial charge in [-0.25, -0.2) is 9.18 Å². The molecule has 2 rings (SSSR count). The van der Waals surface area contributed by atoms with Gasteiger partial charge in [-0.2, -0.15) is 0 Å². The summed E-state index contributed by atoms with van der Waals surface area (Å²) in [5, 5.41) is 22.4. The Kier molecular flexibility index (Phi) is 6.54. The summed E-state index contributed by atoms with van der Waals surface area (Å²) in [6, 6.07) is 12.7. The second-order valence-electron chi connectivity index (χ2n) is 5.12. The summed E-state index contributed by atoms with van der Waals surface area (Å²) < 4.78 is 18.6. The lowest BCUT2D eigenvalue weighted by molar-refractivity contribution is 0.0164. The molecule has 0 bridgehead atoms. The molecule has 1 amide bonds. The van der Waals surface area contributed by atoms with E-state index in [4.69, 9.17) is 16.3 Å². The van der Waals surface area contributed by atoms with Gasteiger partial charge >= 0.3 is 6.09 Å². The number of hydrogen-bond donors (Lipinski definition) is 3. The van der Waals surface area contributed by atoms with Crippen LogP contribution in [0.3, 0.4) is 0 Å². The van der Waals surface area contributed by atoms with Crippen molar-refractivity contribution in [1.29, 1.82) is 0 Å². The van der Waals surface area contributed by atoms with Crippen LogP contribution in [0.4, 0.5) is 9.18 Å². The minimum Gasteiger partial charge on any atom is -0.445 e. The monoisotopic (exact) mass is 353 g/mol. The molecule has 0 fully saturated rings. The second-order valence-corrected chi connectivity index (χ2v) is 5.56. The number of alkyl carbamates (subject to hydrolysis) is 1. The van der Waals surface area contributed by atoms with Gasteiger partial charge in [-0.3, -0.25) is 0 Å². The Bertz CT molecular complexity index is 684. The van der Waals surface area contributed by atoms with Gasteiger partial charge in [-0.15, -0.1) is 0 Å². The molecule has 2 unspecified atom stereocenters. The Hall–Kier alpha value is -2.15. The number of halogens is 2. The molecule has 2 aromatic rings. The number of aliphatic hydroxyl groups excluding tert-OH is 2. The fourth-order valence-electron chi connectivity index (χ4n) is 2.02.